The number of nitrogens with one attached hydrogen (secondary N) is 1. The Hall–Kier alpha value is -3.33. The molecule has 0 unspecified atom stereocenters. The zero-order valence-corrected chi connectivity index (χ0v) is 19.5. The molecular formula is C23H28N4O4S. The molecule has 3 rings (SSSR count). The maximum atomic E-state index is 14.0. The van der Waals surface area contributed by atoms with Crippen LogP contribution in [0.3, 0.4) is 0 Å². The van der Waals surface area contributed by atoms with E-state index in [4.69, 9.17) is 4.74 Å². The highest BCUT2D eigenvalue weighted by molar-refractivity contribution is 7.93. The summed E-state index contributed by atoms with van der Waals surface area (Å²) in [6.07, 6.45) is 5.29. The zero-order chi connectivity index (χ0) is 23.3. The molecule has 9 heteroatoms. The molecule has 1 aliphatic rings. The van der Waals surface area contributed by atoms with Crippen LogP contribution in [0.1, 0.15) is 19.4 Å². The third-order valence-electron chi connectivity index (χ3n) is 5.11. The fourth-order valence-corrected chi connectivity index (χ4v) is 5.28. The van der Waals surface area contributed by atoms with E-state index in [1.807, 2.05) is 24.0 Å². The van der Waals surface area contributed by atoms with Crippen LogP contribution in [-0.4, -0.2) is 51.0 Å². The average molecular weight is 457 g/mol. The summed E-state index contributed by atoms with van der Waals surface area (Å²) in [5.41, 5.74) is 1.69. The Kier molecular flexibility index (Phi) is 7.19. The van der Waals surface area contributed by atoms with E-state index in [1.165, 1.54) is 24.5 Å². The van der Waals surface area contributed by atoms with Gasteiger partial charge in [0.25, 0.3) is 10.0 Å². The highest BCUT2D eigenvalue weighted by Gasteiger charge is 2.34. The maximum absolute atomic E-state index is 14.0. The summed E-state index contributed by atoms with van der Waals surface area (Å²) in [4.78, 5) is 18.0. The second-order valence-corrected chi connectivity index (χ2v) is 9.05. The van der Waals surface area contributed by atoms with Crippen LogP contribution in [0.25, 0.3) is 0 Å². The molecule has 8 nitrogen and oxygen atoms in total. The van der Waals surface area contributed by atoms with Crippen molar-refractivity contribution in [3.63, 3.8) is 0 Å². The van der Waals surface area contributed by atoms with Crippen molar-refractivity contribution < 1.29 is 17.9 Å². The molecule has 2 heterocycles. The number of aromatic nitrogens is 1. The Labute approximate surface area is 189 Å². The molecule has 0 spiro atoms. The predicted octanol–water partition coefficient (Wildman–Crippen LogP) is 2.83. The summed E-state index contributed by atoms with van der Waals surface area (Å²) >= 11 is 0. The normalized spacial score (nSPS) is 13.8. The monoisotopic (exact) mass is 456 g/mol. The van der Waals surface area contributed by atoms with E-state index in [0.717, 1.165) is 0 Å². The molecule has 1 N–H and O–H groups in total. The van der Waals surface area contributed by atoms with Gasteiger partial charge in [-0.05, 0) is 31.5 Å². The van der Waals surface area contributed by atoms with E-state index in [9.17, 15) is 13.2 Å². The van der Waals surface area contributed by atoms with Gasteiger partial charge in [-0.1, -0.05) is 30.4 Å². The number of benzene rings is 1. The lowest BCUT2D eigenvalue weighted by Gasteiger charge is -2.37. The molecule has 1 aromatic carbocycles. The molecule has 0 fully saturated rings. The van der Waals surface area contributed by atoms with Gasteiger partial charge in [-0.2, -0.15) is 0 Å². The SMILES string of the molecule is CCN1CC=CC(CNC(C)=O)=C1N(c1ccc(OC)nc1)S(=O)(=O)c1ccccc1C. The van der Waals surface area contributed by atoms with Crippen molar-refractivity contribution in [2.24, 2.45) is 0 Å². The smallest absolute Gasteiger partial charge is 0.270 e. The number of pyridine rings is 1. The maximum Gasteiger partial charge on any atom is 0.270 e. The summed E-state index contributed by atoms with van der Waals surface area (Å²) in [5, 5.41) is 2.79. The van der Waals surface area contributed by atoms with Gasteiger partial charge in [0, 0.05) is 38.2 Å². The molecule has 1 aromatic heterocycles. The third kappa shape index (κ3) is 4.77. The first-order valence-corrected chi connectivity index (χ1v) is 11.7. The minimum atomic E-state index is -4.01. The van der Waals surface area contributed by atoms with Crippen molar-refractivity contribution >= 4 is 21.6 Å². The van der Waals surface area contributed by atoms with Gasteiger partial charge in [-0.25, -0.2) is 17.7 Å². The molecule has 0 bridgehead atoms. The number of carbonyl (C=O) groups excluding carboxylic acids is 1. The predicted molar refractivity (Wildman–Crippen MR) is 124 cm³/mol. The standard InChI is InChI=1S/C23H28N4O4S/c1-5-26-14-8-10-19(15-24-18(3)28)23(26)27(20-12-13-22(31-4)25-16-20)32(29,30)21-11-7-6-9-17(21)2/h6-13,16H,5,14-15H2,1-4H3,(H,24,28). The summed E-state index contributed by atoms with van der Waals surface area (Å²) in [7, 11) is -2.51. The minimum absolute atomic E-state index is 0.195. The number of anilines is 1. The molecule has 0 saturated heterocycles. The Morgan fingerprint density at radius 2 is 2.00 bits per heavy atom. The van der Waals surface area contributed by atoms with Crippen LogP contribution >= 0.6 is 0 Å². The molecule has 1 amide bonds. The number of hydrogen-bond donors (Lipinski definition) is 1. The van der Waals surface area contributed by atoms with Crippen molar-refractivity contribution in [1.82, 2.24) is 15.2 Å². The number of likely N-dealkylation sites (N-methyl/N-ethyl adjacent to an activating group) is 1. The van der Waals surface area contributed by atoms with Gasteiger partial charge in [0.05, 0.1) is 23.9 Å². The zero-order valence-electron chi connectivity index (χ0n) is 18.7. The van der Waals surface area contributed by atoms with Gasteiger partial charge in [0.1, 0.15) is 5.82 Å². The van der Waals surface area contributed by atoms with Gasteiger partial charge in [0.15, 0.2) is 0 Å². The van der Waals surface area contributed by atoms with Crippen molar-refractivity contribution in [3.8, 4) is 5.88 Å². The van der Waals surface area contributed by atoms with Crippen molar-refractivity contribution in [3.05, 3.63) is 71.7 Å². The topological polar surface area (TPSA) is 91.8 Å². The van der Waals surface area contributed by atoms with E-state index < -0.39 is 10.0 Å². The summed E-state index contributed by atoms with van der Waals surface area (Å²) in [6, 6.07) is 10.2. The molecule has 32 heavy (non-hydrogen) atoms. The molecule has 0 saturated carbocycles. The van der Waals surface area contributed by atoms with Gasteiger partial charge in [-0.15, -0.1) is 0 Å². The molecule has 1 aliphatic heterocycles. The van der Waals surface area contributed by atoms with Crippen LogP contribution in [0.2, 0.25) is 0 Å². The Morgan fingerprint density at radius 3 is 2.59 bits per heavy atom. The van der Waals surface area contributed by atoms with Crippen LogP contribution in [0.5, 0.6) is 5.88 Å². The van der Waals surface area contributed by atoms with Crippen molar-refractivity contribution in [2.45, 2.75) is 25.7 Å². The number of methoxy groups -OCH3 is 1. The quantitative estimate of drug-likeness (QED) is 0.657. The highest BCUT2D eigenvalue weighted by Crippen LogP contribution is 2.34. The van der Waals surface area contributed by atoms with Crippen LogP contribution in [0.4, 0.5) is 5.69 Å². The first kappa shape index (κ1) is 23.3. The van der Waals surface area contributed by atoms with Crippen LogP contribution in [0.15, 0.2) is 71.0 Å². The first-order valence-electron chi connectivity index (χ1n) is 10.3. The molecule has 0 aliphatic carbocycles. The second-order valence-electron chi connectivity index (χ2n) is 7.29. The van der Waals surface area contributed by atoms with E-state index in [0.29, 0.717) is 41.6 Å². The van der Waals surface area contributed by atoms with Gasteiger partial charge in [0.2, 0.25) is 11.8 Å². The number of aryl methyl sites for hydroxylation is 1. The molecule has 170 valence electrons. The number of ether oxygens (including phenoxy) is 1. The Bertz CT molecular complexity index is 1140. The lowest BCUT2D eigenvalue weighted by atomic mass is 10.1. The minimum Gasteiger partial charge on any atom is -0.481 e. The van der Waals surface area contributed by atoms with Crippen LogP contribution in [0, 0.1) is 6.92 Å². The molecular weight excluding hydrogens is 428 g/mol. The van der Waals surface area contributed by atoms with E-state index in [1.54, 1.807) is 43.3 Å². The van der Waals surface area contributed by atoms with Crippen LogP contribution in [-0.2, 0) is 14.8 Å². The van der Waals surface area contributed by atoms with E-state index >= 15 is 0 Å². The molecule has 2 aromatic rings. The van der Waals surface area contributed by atoms with Crippen molar-refractivity contribution in [2.75, 3.05) is 31.0 Å². The van der Waals surface area contributed by atoms with E-state index in [-0.39, 0.29) is 17.3 Å². The highest BCUT2D eigenvalue weighted by atomic mass is 32.2. The number of hydrogen-bond acceptors (Lipinski definition) is 6. The second kappa shape index (κ2) is 9.86. The molecule has 0 radical (unpaired) electrons. The summed E-state index contributed by atoms with van der Waals surface area (Å²) in [5.74, 6) is 0.669. The number of nitrogens with zero attached hydrogens (tertiary/aromatic N) is 3. The van der Waals surface area contributed by atoms with Gasteiger partial charge >= 0.3 is 0 Å². The van der Waals surface area contributed by atoms with Gasteiger partial charge < -0.3 is 15.0 Å². The largest absolute Gasteiger partial charge is 0.481 e. The fraction of sp³-hybridized carbons (Fsp3) is 0.304. The number of sulfonamides is 1. The Morgan fingerprint density at radius 1 is 1.25 bits per heavy atom. The van der Waals surface area contributed by atoms with Gasteiger partial charge in [-0.3, -0.25) is 4.79 Å². The summed E-state index contributed by atoms with van der Waals surface area (Å²) < 4.78 is 34.6. The average Bonchev–Trinajstić information content (AvgIpc) is 2.78. The summed E-state index contributed by atoms with van der Waals surface area (Å²) in [6.45, 7) is 6.47. The number of amides is 1. The van der Waals surface area contributed by atoms with E-state index in [2.05, 4.69) is 10.3 Å². The van der Waals surface area contributed by atoms with Crippen LogP contribution < -0.4 is 14.4 Å². The fourth-order valence-electron chi connectivity index (χ4n) is 3.51. The lowest BCUT2D eigenvalue weighted by molar-refractivity contribution is -0.118. The first-order chi connectivity index (χ1) is 15.3. The third-order valence-corrected chi connectivity index (χ3v) is 6.99. The Balaban J connectivity index is 2.27. The number of rotatable bonds is 8. The lowest BCUT2D eigenvalue weighted by Crippen LogP contribution is -2.43. The molecule has 0 atom stereocenters. The number of carbonyl (C=O) groups is 1. The van der Waals surface area contributed by atoms with Crippen molar-refractivity contribution in [1.29, 1.82) is 0 Å².